The maximum atomic E-state index is 9.73. The first-order valence-electron chi connectivity index (χ1n) is 10.8. The van der Waals surface area contributed by atoms with E-state index in [9.17, 15) is 10.0 Å². The summed E-state index contributed by atoms with van der Waals surface area (Å²) in [5, 5.41) is 19.5. The number of benzene rings is 2. The highest BCUT2D eigenvalue weighted by Crippen LogP contribution is 2.33. The molecule has 0 aliphatic carbocycles. The molecule has 4 rings (SSSR count). The minimum absolute atomic E-state index is 0.0498. The van der Waals surface area contributed by atoms with Gasteiger partial charge in [0.2, 0.25) is 0 Å². The zero-order chi connectivity index (χ0) is 21.4. The molecule has 0 bridgehead atoms. The van der Waals surface area contributed by atoms with Crippen molar-refractivity contribution in [2.24, 2.45) is 11.8 Å². The molecule has 3 unspecified atom stereocenters. The van der Waals surface area contributed by atoms with Gasteiger partial charge in [0.25, 0.3) is 0 Å². The zero-order valence-corrected chi connectivity index (χ0v) is 19.5. The Morgan fingerprint density at radius 2 is 1.70 bits per heavy atom. The molecule has 0 fully saturated rings. The smallest absolute Gasteiger partial charge is 0.423 e. The molecule has 2 aliphatic heterocycles. The predicted molar refractivity (Wildman–Crippen MR) is 123 cm³/mol. The first kappa shape index (κ1) is 22.0. The van der Waals surface area contributed by atoms with Crippen LogP contribution in [0.3, 0.4) is 0 Å². The van der Waals surface area contributed by atoms with Crippen LogP contribution in [-0.2, 0) is 41.9 Å². The molecule has 0 saturated heterocycles. The summed E-state index contributed by atoms with van der Waals surface area (Å²) in [5.74, 6) is 0.818. The third kappa shape index (κ3) is 4.53. The van der Waals surface area contributed by atoms with E-state index in [-0.39, 0.29) is 12.2 Å². The SMILES string of the molecule is CC(C)C1Cc2c(Br)cc(CC(C)C3Cc4c(cccc4B(O)O)CO3)cc2CO1. The van der Waals surface area contributed by atoms with Crippen molar-refractivity contribution in [2.75, 3.05) is 0 Å². The zero-order valence-electron chi connectivity index (χ0n) is 17.9. The summed E-state index contributed by atoms with van der Waals surface area (Å²) in [5.41, 5.74) is 6.61. The third-order valence-electron chi connectivity index (χ3n) is 6.59. The summed E-state index contributed by atoms with van der Waals surface area (Å²) >= 11 is 3.80. The predicted octanol–water partition coefficient (Wildman–Crippen LogP) is 3.55. The molecule has 3 atom stereocenters. The Balaban J connectivity index is 1.49. The molecule has 2 heterocycles. The van der Waals surface area contributed by atoms with E-state index in [0.717, 1.165) is 24.0 Å². The maximum absolute atomic E-state index is 9.73. The quantitative estimate of drug-likeness (QED) is 0.653. The van der Waals surface area contributed by atoms with Crippen LogP contribution in [0.25, 0.3) is 0 Å². The monoisotopic (exact) mass is 472 g/mol. The van der Waals surface area contributed by atoms with Crippen LogP contribution in [0.5, 0.6) is 0 Å². The van der Waals surface area contributed by atoms with E-state index in [1.165, 1.54) is 21.2 Å². The van der Waals surface area contributed by atoms with Crippen molar-refractivity contribution in [2.45, 2.75) is 65.5 Å². The number of hydrogen-bond donors (Lipinski definition) is 2. The average Bonchev–Trinajstić information content (AvgIpc) is 2.72. The summed E-state index contributed by atoms with van der Waals surface area (Å²) in [6.45, 7) is 7.83. The van der Waals surface area contributed by atoms with Crippen LogP contribution in [0.15, 0.2) is 34.8 Å². The van der Waals surface area contributed by atoms with Crippen molar-refractivity contribution in [3.8, 4) is 0 Å². The molecule has 0 aromatic heterocycles. The first-order chi connectivity index (χ1) is 14.3. The van der Waals surface area contributed by atoms with Crippen molar-refractivity contribution in [3.05, 3.63) is 62.6 Å². The topological polar surface area (TPSA) is 58.9 Å². The molecule has 2 aromatic rings. The molecule has 30 heavy (non-hydrogen) atoms. The van der Waals surface area contributed by atoms with Crippen molar-refractivity contribution < 1.29 is 19.5 Å². The number of halogens is 1. The molecule has 0 radical (unpaired) electrons. The van der Waals surface area contributed by atoms with E-state index >= 15 is 0 Å². The Kier molecular flexibility index (Phi) is 6.71. The Morgan fingerprint density at radius 3 is 2.43 bits per heavy atom. The maximum Gasteiger partial charge on any atom is 0.488 e. The molecule has 2 N–H and O–H groups in total. The highest BCUT2D eigenvalue weighted by atomic mass is 79.9. The van der Waals surface area contributed by atoms with E-state index in [1.54, 1.807) is 6.07 Å². The van der Waals surface area contributed by atoms with E-state index < -0.39 is 7.12 Å². The van der Waals surface area contributed by atoms with Crippen LogP contribution in [0.2, 0.25) is 0 Å². The van der Waals surface area contributed by atoms with Crippen LogP contribution in [0, 0.1) is 11.8 Å². The number of fused-ring (bicyclic) bond motifs is 2. The van der Waals surface area contributed by atoms with Crippen molar-refractivity contribution >= 4 is 28.5 Å². The van der Waals surface area contributed by atoms with Gasteiger partial charge in [-0.15, -0.1) is 0 Å². The molecule has 2 aliphatic rings. The number of hydrogen-bond acceptors (Lipinski definition) is 4. The second-order valence-electron chi connectivity index (χ2n) is 9.11. The van der Waals surface area contributed by atoms with Crippen molar-refractivity contribution in [1.29, 1.82) is 0 Å². The number of ether oxygens (including phenoxy) is 2. The second kappa shape index (κ2) is 9.13. The van der Waals surface area contributed by atoms with Crippen LogP contribution in [-0.4, -0.2) is 29.4 Å². The van der Waals surface area contributed by atoms with Gasteiger partial charge in [0, 0.05) is 10.9 Å². The van der Waals surface area contributed by atoms with Crippen LogP contribution >= 0.6 is 15.9 Å². The highest BCUT2D eigenvalue weighted by Gasteiger charge is 2.29. The number of rotatable bonds is 5. The Morgan fingerprint density at radius 1 is 1.00 bits per heavy atom. The van der Waals surface area contributed by atoms with Gasteiger partial charge in [0.1, 0.15) is 0 Å². The van der Waals surface area contributed by atoms with Gasteiger partial charge in [0.05, 0.1) is 25.4 Å². The Bertz CT molecular complexity index is 914. The Labute approximate surface area is 187 Å². The lowest BCUT2D eigenvalue weighted by atomic mass is 9.73. The van der Waals surface area contributed by atoms with Gasteiger partial charge in [-0.1, -0.05) is 61.0 Å². The molecule has 4 nitrogen and oxygen atoms in total. The second-order valence-corrected chi connectivity index (χ2v) is 9.96. The lowest BCUT2D eigenvalue weighted by molar-refractivity contribution is -0.00507. The average molecular weight is 473 g/mol. The first-order valence-corrected chi connectivity index (χ1v) is 11.6. The lowest BCUT2D eigenvalue weighted by Gasteiger charge is -2.32. The van der Waals surface area contributed by atoms with Gasteiger partial charge < -0.3 is 19.5 Å². The summed E-state index contributed by atoms with van der Waals surface area (Å²) in [6.07, 6.45) is 2.90. The normalized spacial score (nSPS) is 21.8. The van der Waals surface area contributed by atoms with Gasteiger partial charge >= 0.3 is 7.12 Å². The van der Waals surface area contributed by atoms with Crippen molar-refractivity contribution in [1.82, 2.24) is 0 Å². The Hall–Kier alpha value is -1.18. The van der Waals surface area contributed by atoms with E-state index in [0.29, 0.717) is 36.9 Å². The fourth-order valence-electron chi connectivity index (χ4n) is 4.72. The van der Waals surface area contributed by atoms with Crippen LogP contribution < -0.4 is 5.46 Å². The van der Waals surface area contributed by atoms with Crippen LogP contribution in [0.4, 0.5) is 0 Å². The molecule has 6 heteroatoms. The minimum Gasteiger partial charge on any atom is -0.423 e. The van der Waals surface area contributed by atoms with Crippen LogP contribution in [0.1, 0.15) is 48.6 Å². The van der Waals surface area contributed by atoms with E-state index in [4.69, 9.17) is 9.47 Å². The fraction of sp³-hybridized carbons (Fsp3) is 0.500. The summed E-state index contributed by atoms with van der Waals surface area (Å²) in [6, 6.07) is 10.2. The summed E-state index contributed by atoms with van der Waals surface area (Å²) in [7, 11) is -1.44. The summed E-state index contributed by atoms with van der Waals surface area (Å²) < 4.78 is 13.4. The molecule has 0 saturated carbocycles. The fourth-order valence-corrected chi connectivity index (χ4v) is 5.43. The summed E-state index contributed by atoms with van der Waals surface area (Å²) in [4.78, 5) is 0. The largest absolute Gasteiger partial charge is 0.488 e. The molecule has 160 valence electrons. The van der Waals surface area contributed by atoms with Gasteiger partial charge in [0.15, 0.2) is 0 Å². The van der Waals surface area contributed by atoms with Crippen molar-refractivity contribution in [3.63, 3.8) is 0 Å². The van der Waals surface area contributed by atoms with Gasteiger partial charge in [-0.2, -0.15) is 0 Å². The van der Waals surface area contributed by atoms with E-state index in [2.05, 4.69) is 48.8 Å². The van der Waals surface area contributed by atoms with Gasteiger partial charge in [-0.3, -0.25) is 0 Å². The van der Waals surface area contributed by atoms with Gasteiger partial charge in [-0.05, 0) is 64.0 Å². The molecule has 0 spiro atoms. The van der Waals surface area contributed by atoms with E-state index in [1.807, 2.05) is 12.1 Å². The highest BCUT2D eigenvalue weighted by molar-refractivity contribution is 9.10. The molecule has 0 amide bonds. The minimum atomic E-state index is -1.44. The molecule has 2 aromatic carbocycles. The standard InChI is InChI=1S/C24H30BBrO4/c1-14(2)23-11-20-18(13-29-23)8-16(9-22(20)26)7-15(3)24-10-19-17(12-30-24)5-4-6-21(19)25(27)28/h4-6,8-9,14-15,23-24,27-28H,7,10-13H2,1-3H3. The third-order valence-corrected chi connectivity index (χ3v) is 7.30. The molecular weight excluding hydrogens is 443 g/mol. The lowest BCUT2D eigenvalue weighted by Crippen LogP contribution is -2.39. The molecular formula is C24H30BBrO4. The van der Waals surface area contributed by atoms with Gasteiger partial charge in [-0.25, -0.2) is 0 Å².